The van der Waals surface area contributed by atoms with Crippen LogP contribution in [0.15, 0.2) is 48.9 Å². The minimum Gasteiger partial charge on any atom is -0.494 e. The average Bonchev–Trinajstić information content (AvgIpc) is 2.87. The van der Waals surface area contributed by atoms with Crippen LogP contribution in [0.2, 0.25) is 0 Å². The van der Waals surface area contributed by atoms with Crippen molar-refractivity contribution < 1.29 is 14.4 Å². The second-order valence-corrected chi connectivity index (χ2v) is 8.07. The number of anilines is 4. The number of amides is 1. The molecule has 3 aromatic heterocycles. The standard InChI is InChI=1S/C26H28N8O3/c1-6-37-34-26(35)23-19(10-11-27-25(23)33-22-12-15(2)30-17(4)31-22)32-20-9-7-8-18(24(20)36-5)21-14-28-16(3)13-29-21/h7-14H,6H2,1-5H3,(H,34,35)(H2,27,30,31,32,33). The molecule has 0 aliphatic carbocycles. The van der Waals surface area contributed by atoms with Crippen molar-refractivity contribution in [3.05, 3.63) is 71.7 Å². The number of benzene rings is 1. The first-order valence-electron chi connectivity index (χ1n) is 11.6. The Balaban J connectivity index is 1.77. The zero-order valence-electron chi connectivity index (χ0n) is 21.3. The van der Waals surface area contributed by atoms with Crippen LogP contribution in [-0.2, 0) is 4.84 Å². The average molecular weight is 501 g/mol. The molecule has 0 unspecified atom stereocenters. The highest BCUT2D eigenvalue weighted by molar-refractivity contribution is 6.05. The molecule has 3 heterocycles. The number of rotatable bonds is 9. The maximum atomic E-state index is 13.2. The zero-order valence-corrected chi connectivity index (χ0v) is 21.3. The quantitative estimate of drug-likeness (QED) is 0.283. The molecule has 3 N–H and O–H groups in total. The van der Waals surface area contributed by atoms with Gasteiger partial charge in [0.2, 0.25) is 0 Å². The fourth-order valence-electron chi connectivity index (χ4n) is 3.72. The lowest BCUT2D eigenvalue weighted by Gasteiger charge is -2.18. The van der Waals surface area contributed by atoms with Gasteiger partial charge in [0.05, 0.1) is 42.7 Å². The predicted molar refractivity (Wildman–Crippen MR) is 140 cm³/mol. The van der Waals surface area contributed by atoms with Crippen molar-refractivity contribution in [2.45, 2.75) is 27.7 Å². The molecular weight excluding hydrogens is 472 g/mol. The number of methoxy groups -OCH3 is 1. The molecule has 11 heteroatoms. The van der Waals surface area contributed by atoms with Gasteiger partial charge in [0.25, 0.3) is 5.91 Å². The number of nitrogens with zero attached hydrogens (tertiary/aromatic N) is 5. The van der Waals surface area contributed by atoms with Crippen LogP contribution >= 0.6 is 0 Å². The number of aryl methyl sites for hydroxylation is 3. The Hall–Kier alpha value is -4.64. The van der Waals surface area contributed by atoms with E-state index in [2.05, 4.69) is 41.0 Å². The monoisotopic (exact) mass is 500 g/mol. The first kappa shape index (κ1) is 25.5. The van der Waals surface area contributed by atoms with Crippen molar-refractivity contribution in [3.8, 4) is 17.0 Å². The molecule has 190 valence electrons. The number of nitrogens with one attached hydrogen (secondary N) is 3. The number of para-hydroxylation sites is 1. The van der Waals surface area contributed by atoms with Crippen LogP contribution in [0.3, 0.4) is 0 Å². The third kappa shape index (κ3) is 5.96. The van der Waals surface area contributed by atoms with Crippen LogP contribution in [0.1, 0.15) is 34.5 Å². The molecule has 0 saturated heterocycles. The van der Waals surface area contributed by atoms with Crippen molar-refractivity contribution in [2.75, 3.05) is 24.4 Å². The predicted octanol–water partition coefficient (Wildman–Crippen LogP) is 4.43. The van der Waals surface area contributed by atoms with Gasteiger partial charge >= 0.3 is 0 Å². The van der Waals surface area contributed by atoms with Gasteiger partial charge in [-0.2, -0.15) is 0 Å². The van der Waals surface area contributed by atoms with Gasteiger partial charge in [-0.25, -0.2) is 20.4 Å². The third-order valence-electron chi connectivity index (χ3n) is 5.25. The second-order valence-electron chi connectivity index (χ2n) is 8.07. The molecule has 11 nitrogen and oxygen atoms in total. The zero-order chi connectivity index (χ0) is 26.4. The van der Waals surface area contributed by atoms with Gasteiger partial charge in [-0.3, -0.25) is 19.6 Å². The molecule has 0 radical (unpaired) electrons. The van der Waals surface area contributed by atoms with Crippen LogP contribution < -0.4 is 20.9 Å². The number of hydrogen-bond donors (Lipinski definition) is 3. The van der Waals surface area contributed by atoms with Crippen LogP contribution in [-0.4, -0.2) is 44.5 Å². The number of pyridine rings is 1. The molecule has 0 atom stereocenters. The summed E-state index contributed by atoms with van der Waals surface area (Å²) in [6.07, 6.45) is 4.98. The Kier molecular flexibility index (Phi) is 7.84. The fraction of sp³-hybridized carbons (Fsp3) is 0.231. The largest absolute Gasteiger partial charge is 0.494 e. The molecule has 4 rings (SSSR count). The first-order valence-corrected chi connectivity index (χ1v) is 11.6. The van der Waals surface area contributed by atoms with Crippen LogP contribution in [0.25, 0.3) is 11.3 Å². The van der Waals surface area contributed by atoms with Crippen molar-refractivity contribution in [2.24, 2.45) is 0 Å². The van der Waals surface area contributed by atoms with Crippen molar-refractivity contribution in [1.82, 2.24) is 30.4 Å². The van der Waals surface area contributed by atoms with E-state index < -0.39 is 5.91 Å². The molecule has 0 bridgehead atoms. The molecule has 0 spiro atoms. The van der Waals surface area contributed by atoms with Crippen molar-refractivity contribution >= 4 is 28.9 Å². The van der Waals surface area contributed by atoms with E-state index in [4.69, 9.17) is 9.57 Å². The molecule has 1 amide bonds. The van der Waals surface area contributed by atoms with E-state index in [1.807, 2.05) is 32.0 Å². The summed E-state index contributed by atoms with van der Waals surface area (Å²) in [6.45, 7) is 7.61. The van der Waals surface area contributed by atoms with Gasteiger partial charge in [0, 0.05) is 29.7 Å². The summed E-state index contributed by atoms with van der Waals surface area (Å²) in [5.74, 6) is 1.46. The van der Waals surface area contributed by atoms with Gasteiger partial charge in [0.15, 0.2) is 5.75 Å². The van der Waals surface area contributed by atoms with Crippen molar-refractivity contribution in [3.63, 3.8) is 0 Å². The molecule has 0 saturated carbocycles. The minimum atomic E-state index is -0.484. The number of carbonyl (C=O) groups is 1. The molecule has 0 aliphatic heterocycles. The summed E-state index contributed by atoms with van der Waals surface area (Å²) < 4.78 is 5.75. The highest BCUT2D eigenvalue weighted by Crippen LogP contribution is 2.38. The maximum absolute atomic E-state index is 13.2. The highest BCUT2D eigenvalue weighted by atomic mass is 16.6. The smallest absolute Gasteiger partial charge is 0.280 e. The van der Waals surface area contributed by atoms with Gasteiger partial charge in [-0.05, 0) is 45.9 Å². The molecule has 0 aliphatic rings. The number of carbonyl (C=O) groups excluding carboxylic acids is 1. The molecule has 37 heavy (non-hydrogen) atoms. The van der Waals surface area contributed by atoms with Crippen LogP contribution in [0.5, 0.6) is 5.75 Å². The number of hydrogen-bond acceptors (Lipinski definition) is 10. The lowest BCUT2D eigenvalue weighted by molar-refractivity contribution is 0.0366. The topological polar surface area (TPSA) is 136 Å². The summed E-state index contributed by atoms with van der Waals surface area (Å²) in [4.78, 5) is 40.3. The van der Waals surface area contributed by atoms with Crippen molar-refractivity contribution in [1.29, 1.82) is 0 Å². The van der Waals surface area contributed by atoms with Crippen LogP contribution in [0.4, 0.5) is 23.0 Å². The van der Waals surface area contributed by atoms with E-state index in [9.17, 15) is 4.79 Å². The van der Waals surface area contributed by atoms with Gasteiger partial charge < -0.3 is 15.4 Å². The van der Waals surface area contributed by atoms with E-state index in [1.54, 1.807) is 51.7 Å². The number of hydroxylamine groups is 1. The molecule has 1 aromatic carbocycles. The minimum absolute atomic E-state index is 0.229. The maximum Gasteiger partial charge on any atom is 0.280 e. The lowest BCUT2D eigenvalue weighted by atomic mass is 10.1. The highest BCUT2D eigenvalue weighted by Gasteiger charge is 2.21. The molecule has 4 aromatic rings. The summed E-state index contributed by atoms with van der Waals surface area (Å²) in [6, 6.07) is 9.08. The Morgan fingerprint density at radius 3 is 2.49 bits per heavy atom. The summed E-state index contributed by atoms with van der Waals surface area (Å²) in [5.41, 5.74) is 6.79. The summed E-state index contributed by atoms with van der Waals surface area (Å²) in [7, 11) is 1.58. The number of ether oxygens (including phenoxy) is 1. The number of aromatic nitrogens is 5. The third-order valence-corrected chi connectivity index (χ3v) is 5.25. The van der Waals surface area contributed by atoms with Gasteiger partial charge in [-0.15, -0.1) is 0 Å². The SMILES string of the molecule is CCONC(=O)c1c(Nc2cccc(-c3cnc(C)cn3)c2OC)ccnc1Nc1cc(C)nc(C)n1. The van der Waals surface area contributed by atoms with Gasteiger partial charge in [0.1, 0.15) is 23.0 Å². The van der Waals surface area contributed by atoms with E-state index in [0.717, 1.165) is 17.0 Å². The Bertz CT molecular complexity index is 1390. The van der Waals surface area contributed by atoms with E-state index >= 15 is 0 Å². The lowest BCUT2D eigenvalue weighted by Crippen LogP contribution is -2.26. The normalized spacial score (nSPS) is 10.6. The Morgan fingerprint density at radius 1 is 0.946 bits per heavy atom. The second kappa shape index (κ2) is 11.4. The van der Waals surface area contributed by atoms with E-state index in [-0.39, 0.29) is 5.56 Å². The van der Waals surface area contributed by atoms with E-state index in [1.165, 1.54) is 0 Å². The Morgan fingerprint density at radius 2 is 1.78 bits per heavy atom. The molecule has 0 fully saturated rings. The molecular formula is C26H28N8O3. The fourth-order valence-corrected chi connectivity index (χ4v) is 3.72. The summed E-state index contributed by atoms with van der Waals surface area (Å²) in [5, 5.41) is 6.46. The first-order chi connectivity index (χ1) is 17.9. The summed E-state index contributed by atoms with van der Waals surface area (Å²) >= 11 is 0. The van der Waals surface area contributed by atoms with E-state index in [0.29, 0.717) is 46.9 Å². The Labute approximate surface area is 214 Å². The van der Waals surface area contributed by atoms with Gasteiger partial charge in [-0.1, -0.05) is 6.07 Å². The van der Waals surface area contributed by atoms with Crippen LogP contribution in [0, 0.1) is 20.8 Å².